The van der Waals surface area contributed by atoms with Gasteiger partial charge in [0, 0.05) is 0 Å². The lowest BCUT2D eigenvalue weighted by Gasteiger charge is -2.61. The zero-order valence-corrected chi connectivity index (χ0v) is 15.3. The minimum absolute atomic E-state index is 0.181. The molecule has 0 aromatic heterocycles. The van der Waals surface area contributed by atoms with E-state index in [0.29, 0.717) is 17.8 Å². The summed E-state index contributed by atoms with van der Waals surface area (Å²) in [5.41, 5.74) is -0.900. The number of aliphatic hydroxyl groups is 2. The van der Waals surface area contributed by atoms with E-state index in [1.54, 1.807) is 6.08 Å². The third-order valence-corrected chi connectivity index (χ3v) is 7.14. The summed E-state index contributed by atoms with van der Waals surface area (Å²) < 4.78 is 0. The van der Waals surface area contributed by atoms with E-state index in [4.69, 9.17) is 0 Å². The third-order valence-electron chi connectivity index (χ3n) is 7.14. The molecule has 0 radical (unpaired) electrons. The largest absolute Gasteiger partial charge is 0.390 e. The Balaban J connectivity index is 2.28. The van der Waals surface area contributed by atoms with Crippen molar-refractivity contribution in [2.45, 2.75) is 90.8 Å². The minimum Gasteiger partial charge on any atom is -0.390 e. The average Bonchev–Trinajstić information content (AvgIpc) is 2.35. The van der Waals surface area contributed by atoms with Crippen molar-refractivity contribution >= 4 is 0 Å². The summed E-state index contributed by atoms with van der Waals surface area (Å²) in [5.74, 6) is 0.928. The Hall–Kier alpha value is -0.340. The third kappa shape index (κ3) is 3.14. The maximum absolute atomic E-state index is 11.1. The van der Waals surface area contributed by atoms with E-state index in [1.807, 2.05) is 13.8 Å². The molecule has 22 heavy (non-hydrogen) atoms. The maximum atomic E-state index is 11.1. The normalized spacial score (nSPS) is 44.0. The molecule has 2 rings (SSSR count). The Kier molecular flexibility index (Phi) is 4.61. The fourth-order valence-electron chi connectivity index (χ4n) is 5.80. The van der Waals surface area contributed by atoms with E-state index in [9.17, 15) is 10.2 Å². The van der Waals surface area contributed by atoms with Gasteiger partial charge in [0.05, 0.1) is 11.2 Å². The molecule has 0 saturated heterocycles. The first-order chi connectivity index (χ1) is 9.95. The van der Waals surface area contributed by atoms with Crippen LogP contribution in [0.15, 0.2) is 12.7 Å². The highest BCUT2D eigenvalue weighted by molar-refractivity contribution is 5.08. The van der Waals surface area contributed by atoms with Gasteiger partial charge in [-0.2, -0.15) is 0 Å². The van der Waals surface area contributed by atoms with Crippen molar-refractivity contribution in [2.75, 3.05) is 0 Å². The number of hydrogen-bond donors (Lipinski definition) is 2. The highest BCUT2D eigenvalue weighted by Gasteiger charge is 2.57. The highest BCUT2D eigenvalue weighted by Crippen LogP contribution is 2.63. The van der Waals surface area contributed by atoms with Gasteiger partial charge in [0.25, 0.3) is 0 Å². The highest BCUT2D eigenvalue weighted by atomic mass is 16.3. The van der Waals surface area contributed by atoms with E-state index < -0.39 is 11.2 Å². The second kappa shape index (κ2) is 5.63. The summed E-state index contributed by atoms with van der Waals surface area (Å²) in [6, 6.07) is 0. The van der Waals surface area contributed by atoms with Crippen molar-refractivity contribution in [1.82, 2.24) is 0 Å². The monoisotopic (exact) mass is 308 g/mol. The molecule has 1 unspecified atom stereocenters. The molecule has 0 spiro atoms. The average molecular weight is 309 g/mol. The van der Waals surface area contributed by atoms with Crippen LogP contribution in [0.3, 0.4) is 0 Å². The molecule has 0 bridgehead atoms. The summed E-state index contributed by atoms with van der Waals surface area (Å²) >= 11 is 0. The van der Waals surface area contributed by atoms with Gasteiger partial charge in [0.1, 0.15) is 0 Å². The standard InChI is InChI=1S/C20H36O2/c1-7-18(4,21)13-9-16-19(5)12-8-11-17(2,3)15(19)10-14-20(16,6)22/h7,15-16,21-22H,1,8-14H2,2-6H3/t15-,16+,18?,19-,20+/m0/s1. The van der Waals surface area contributed by atoms with E-state index in [2.05, 4.69) is 27.4 Å². The van der Waals surface area contributed by atoms with Crippen molar-refractivity contribution in [3.8, 4) is 0 Å². The van der Waals surface area contributed by atoms with Crippen molar-refractivity contribution < 1.29 is 10.2 Å². The molecule has 0 aromatic carbocycles. The molecule has 0 heterocycles. The van der Waals surface area contributed by atoms with Crippen LogP contribution in [0.4, 0.5) is 0 Å². The number of rotatable bonds is 4. The molecule has 2 fully saturated rings. The van der Waals surface area contributed by atoms with E-state index in [1.165, 1.54) is 19.3 Å². The predicted molar refractivity (Wildman–Crippen MR) is 92.6 cm³/mol. The van der Waals surface area contributed by atoms with Crippen molar-refractivity contribution in [1.29, 1.82) is 0 Å². The summed E-state index contributed by atoms with van der Waals surface area (Å²) in [4.78, 5) is 0. The number of hydrogen-bond acceptors (Lipinski definition) is 2. The summed E-state index contributed by atoms with van der Waals surface area (Å²) in [7, 11) is 0. The molecule has 2 aliphatic carbocycles. The topological polar surface area (TPSA) is 40.5 Å². The van der Waals surface area contributed by atoms with Crippen molar-refractivity contribution in [3.63, 3.8) is 0 Å². The lowest BCUT2D eigenvalue weighted by atomic mass is 9.45. The van der Waals surface area contributed by atoms with Crippen LogP contribution in [-0.2, 0) is 0 Å². The molecule has 5 atom stereocenters. The van der Waals surface area contributed by atoms with Crippen LogP contribution in [0.25, 0.3) is 0 Å². The lowest BCUT2D eigenvalue weighted by molar-refractivity contribution is -0.171. The molecule has 2 saturated carbocycles. The molecule has 2 aliphatic rings. The second-order valence-electron chi connectivity index (χ2n) is 9.45. The molecule has 128 valence electrons. The molecule has 2 nitrogen and oxygen atoms in total. The van der Waals surface area contributed by atoms with E-state index in [0.717, 1.165) is 19.3 Å². The van der Waals surface area contributed by atoms with E-state index >= 15 is 0 Å². The first-order valence-electron chi connectivity index (χ1n) is 9.03. The van der Waals surface area contributed by atoms with Crippen LogP contribution in [0.2, 0.25) is 0 Å². The quantitative estimate of drug-likeness (QED) is 0.739. The molecular weight excluding hydrogens is 272 g/mol. The fraction of sp³-hybridized carbons (Fsp3) is 0.900. The SMILES string of the molecule is C=CC(C)(O)CC[C@@H]1[C@@]2(C)CCCC(C)(C)[C@@H]2CC[C@@]1(C)O. The van der Waals surface area contributed by atoms with Crippen molar-refractivity contribution in [2.24, 2.45) is 22.7 Å². The molecule has 2 N–H and O–H groups in total. The second-order valence-corrected chi connectivity index (χ2v) is 9.45. The Labute approximate surface area is 137 Å². The van der Waals surface area contributed by atoms with Gasteiger partial charge in [-0.1, -0.05) is 33.3 Å². The van der Waals surface area contributed by atoms with Gasteiger partial charge >= 0.3 is 0 Å². The zero-order valence-electron chi connectivity index (χ0n) is 15.3. The van der Waals surface area contributed by atoms with Gasteiger partial charge in [0.2, 0.25) is 0 Å². The predicted octanol–water partition coefficient (Wildman–Crippen LogP) is 4.70. The van der Waals surface area contributed by atoms with Gasteiger partial charge in [-0.15, -0.1) is 6.58 Å². The first kappa shape index (κ1) is 18.0. The van der Waals surface area contributed by atoms with Gasteiger partial charge in [-0.05, 0) is 75.0 Å². The summed E-state index contributed by atoms with van der Waals surface area (Å²) in [6.45, 7) is 14.8. The Bertz CT molecular complexity index is 421. The lowest BCUT2D eigenvalue weighted by Crippen LogP contribution is -2.57. The van der Waals surface area contributed by atoms with Gasteiger partial charge in [0.15, 0.2) is 0 Å². The van der Waals surface area contributed by atoms with Crippen LogP contribution in [0.1, 0.15) is 79.6 Å². The molecular formula is C20H36O2. The van der Waals surface area contributed by atoms with Gasteiger partial charge in [-0.25, -0.2) is 0 Å². The van der Waals surface area contributed by atoms with Crippen LogP contribution < -0.4 is 0 Å². The molecule has 2 heteroatoms. The van der Waals surface area contributed by atoms with Crippen molar-refractivity contribution in [3.05, 3.63) is 12.7 Å². The smallest absolute Gasteiger partial charge is 0.0797 e. The molecule has 0 amide bonds. The summed E-state index contributed by atoms with van der Waals surface area (Å²) in [5, 5.41) is 21.4. The Morgan fingerprint density at radius 1 is 1.18 bits per heavy atom. The molecule has 0 aromatic rings. The maximum Gasteiger partial charge on any atom is 0.0797 e. The van der Waals surface area contributed by atoms with E-state index in [-0.39, 0.29) is 11.3 Å². The fourth-order valence-corrected chi connectivity index (χ4v) is 5.80. The Morgan fingerprint density at radius 3 is 2.41 bits per heavy atom. The van der Waals surface area contributed by atoms with Crippen LogP contribution >= 0.6 is 0 Å². The minimum atomic E-state index is -0.830. The number of fused-ring (bicyclic) bond motifs is 1. The van der Waals surface area contributed by atoms with Gasteiger partial charge in [-0.3, -0.25) is 0 Å². The first-order valence-corrected chi connectivity index (χ1v) is 9.03. The van der Waals surface area contributed by atoms with Gasteiger partial charge < -0.3 is 10.2 Å². The summed E-state index contributed by atoms with van der Waals surface area (Å²) in [6.07, 6.45) is 8.96. The van der Waals surface area contributed by atoms with Crippen LogP contribution in [0.5, 0.6) is 0 Å². The van der Waals surface area contributed by atoms with Crippen LogP contribution in [0, 0.1) is 22.7 Å². The molecule has 0 aliphatic heterocycles. The Morgan fingerprint density at radius 2 is 1.82 bits per heavy atom. The van der Waals surface area contributed by atoms with Crippen LogP contribution in [-0.4, -0.2) is 21.4 Å². The zero-order chi connectivity index (χ0) is 16.8.